The summed E-state index contributed by atoms with van der Waals surface area (Å²) in [4.78, 5) is 12.5. The molecule has 7 nitrogen and oxygen atoms in total. The molecule has 2 aliphatic carbocycles. The van der Waals surface area contributed by atoms with Crippen molar-refractivity contribution in [3.05, 3.63) is 35.9 Å². The summed E-state index contributed by atoms with van der Waals surface area (Å²) in [6, 6.07) is 9.01. The molecule has 32 heavy (non-hydrogen) atoms. The second-order valence-electron chi connectivity index (χ2n) is 9.82. The molecular weight excluding hydrogens is 412 g/mol. The van der Waals surface area contributed by atoms with Crippen LogP contribution in [0.15, 0.2) is 30.3 Å². The minimum Gasteiger partial charge on any atom is -0.459 e. The van der Waals surface area contributed by atoms with E-state index in [0.717, 1.165) is 51.4 Å². The third-order valence-corrected chi connectivity index (χ3v) is 7.59. The lowest BCUT2D eigenvalue weighted by molar-refractivity contribution is -0.254. The van der Waals surface area contributed by atoms with Gasteiger partial charge in [-0.3, -0.25) is 0 Å². The van der Waals surface area contributed by atoms with Gasteiger partial charge in [-0.05, 0) is 37.8 Å². The van der Waals surface area contributed by atoms with E-state index in [2.05, 4.69) is 0 Å². The standard InChI is InChI=1S/C25H32O7/c26-22(17-10-4-1-5-11-17)27-16-18-19-20(30-24(29-19)12-6-2-7-13-24)21-23(28-18)32-25(31-21)14-8-3-9-15-25/h1,4-5,10-11,18-21,23H,2-3,6-9,12-16H2/t18-,19-,20-,21-,23+/m1/s1. The van der Waals surface area contributed by atoms with Gasteiger partial charge in [-0.25, -0.2) is 4.79 Å². The van der Waals surface area contributed by atoms with Gasteiger partial charge in [-0.1, -0.05) is 31.0 Å². The zero-order valence-electron chi connectivity index (χ0n) is 18.4. The third kappa shape index (κ3) is 3.78. The molecule has 5 fully saturated rings. The third-order valence-electron chi connectivity index (χ3n) is 7.59. The highest BCUT2D eigenvalue weighted by molar-refractivity contribution is 5.89. The first-order chi connectivity index (χ1) is 15.7. The van der Waals surface area contributed by atoms with Gasteiger partial charge in [0.15, 0.2) is 17.9 Å². The van der Waals surface area contributed by atoms with Crippen LogP contribution in [-0.4, -0.2) is 54.9 Å². The Kier molecular flexibility index (Phi) is 5.50. The van der Waals surface area contributed by atoms with E-state index in [1.54, 1.807) is 12.1 Å². The van der Waals surface area contributed by atoms with Gasteiger partial charge in [0.2, 0.25) is 0 Å². The molecule has 2 saturated carbocycles. The van der Waals surface area contributed by atoms with Crippen molar-refractivity contribution in [1.29, 1.82) is 0 Å². The number of carbonyl (C=O) groups excluding carboxylic acids is 1. The molecule has 7 heteroatoms. The van der Waals surface area contributed by atoms with Crippen molar-refractivity contribution in [1.82, 2.24) is 0 Å². The summed E-state index contributed by atoms with van der Waals surface area (Å²) < 4.78 is 38.1. The molecule has 2 spiro atoms. The van der Waals surface area contributed by atoms with Crippen LogP contribution in [0.3, 0.4) is 0 Å². The molecule has 3 aliphatic heterocycles. The lowest BCUT2D eigenvalue weighted by atomic mass is 9.94. The Morgan fingerprint density at radius 1 is 0.781 bits per heavy atom. The molecular formula is C25H32O7. The lowest BCUT2D eigenvalue weighted by Crippen LogP contribution is -2.56. The van der Waals surface area contributed by atoms with Gasteiger partial charge in [0.05, 0.1) is 5.56 Å². The molecule has 0 N–H and O–H groups in total. The second-order valence-corrected chi connectivity index (χ2v) is 9.82. The first-order valence-corrected chi connectivity index (χ1v) is 12.2. The normalized spacial score (nSPS) is 37.2. The van der Waals surface area contributed by atoms with Crippen molar-refractivity contribution >= 4 is 5.97 Å². The van der Waals surface area contributed by atoms with Gasteiger partial charge < -0.3 is 28.4 Å². The van der Waals surface area contributed by atoms with Crippen molar-refractivity contribution in [3.63, 3.8) is 0 Å². The summed E-state index contributed by atoms with van der Waals surface area (Å²) in [5.74, 6) is -1.54. The number of rotatable bonds is 3. The average molecular weight is 445 g/mol. The molecule has 0 radical (unpaired) electrons. The number of hydrogen-bond acceptors (Lipinski definition) is 7. The number of esters is 1. The molecule has 0 unspecified atom stereocenters. The summed E-state index contributed by atoms with van der Waals surface area (Å²) >= 11 is 0. The van der Waals surface area contributed by atoms with Crippen molar-refractivity contribution in [2.24, 2.45) is 0 Å². The smallest absolute Gasteiger partial charge is 0.338 e. The van der Waals surface area contributed by atoms with Crippen LogP contribution in [0.4, 0.5) is 0 Å². The zero-order chi connectivity index (χ0) is 21.6. The predicted octanol–water partition coefficient (Wildman–Crippen LogP) is 4.09. The van der Waals surface area contributed by atoms with E-state index in [1.165, 1.54) is 12.8 Å². The summed E-state index contributed by atoms with van der Waals surface area (Å²) in [6.45, 7) is 0.0912. The van der Waals surface area contributed by atoms with Crippen molar-refractivity contribution in [3.8, 4) is 0 Å². The fraction of sp³-hybridized carbons (Fsp3) is 0.720. The largest absolute Gasteiger partial charge is 0.459 e. The van der Waals surface area contributed by atoms with Gasteiger partial charge in [0.25, 0.3) is 0 Å². The molecule has 3 saturated heterocycles. The number of fused-ring (bicyclic) bond motifs is 3. The number of ether oxygens (including phenoxy) is 6. The summed E-state index contributed by atoms with van der Waals surface area (Å²) in [5, 5.41) is 0. The zero-order valence-corrected chi connectivity index (χ0v) is 18.4. The van der Waals surface area contributed by atoms with E-state index >= 15 is 0 Å². The molecule has 5 aliphatic rings. The maximum Gasteiger partial charge on any atom is 0.338 e. The molecule has 0 amide bonds. The Bertz CT molecular complexity index is 815. The molecule has 1 aromatic carbocycles. The van der Waals surface area contributed by atoms with Crippen LogP contribution in [0.1, 0.15) is 74.6 Å². The fourth-order valence-electron chi connectivity index (χ4n) is 5.99. The fourth-order valence-corrected chi connectivity index (χ4v) is 5.99. The maximum absolute atomic E-state index is 12.5. The molecule has 3 heterocycles. The summed E-state index contributed by atoms with van der Waals surface area (Å²) in [6.07, 6.45) is 8.32. The number of carbonyl (C=O) groups is 1. The topological polar surface area (TPSA) is 72.5 Å². The quantitative estimate of drug-likeness (QED) is 0.650. The first kappa shape index (κ1) is 21.1. The Morgan fingerprint density at radius 2 is 1.38 bits per heavy atom. The van der Waals surface area contributed by atoms with Crippen molar-refractivity contribution in [2.75, 3.05) is 6.61 Å². The number of hydrogen-bond donors (Lipinski definition) is 0. The Balaban J connectivity index is 1.21. The highest BCUT2D eigenvalue weighted by atomic mass is 16.9. The van der Waals surface area contributed by atoms with Crippen LogP contribution in [0.5, 0.6) is 0 Å². The van der Waals surface area contributed by atoms with Crippen LogP contribution in [0.25, 0.3) is 0 Å². The minimum atomic E-state index is -0.584. The highest BCUT2D eigenvalue weighted by Gasteiger charge is 2.64. The number of benzene rings is 1. The highest BCUT2D eigenvalue weighted by Crippen LogP contribution is 2.50. The summed E-state index contributed by atoms with van der Waals surface area (Å²) in [7, 11) is 0. The van der Waals surface area contributed by atoms with E-state index in [1.807, 2.05) is 18.2 Å². The van der Waals surface area contributed by atoms with Gasteiger partial charge in [0, 0.05) is 25.7 Å². The average Bonchev–Trinajstić information content (AvgIpc) is 3.37. The van der Waals surface area contributed by atoms with Gasteiger partial charge in [0.1, 0.15) is 31.0 Å². The van der Waals surface area contributed by atoms with E-state index in [-0.39, 0.29) is 30.9 Å². The molecule has 6 rings (SSSR count). The monoisotopic (exact) mass is 444 g/mol. The Hall–Kier alpha value is -1.51. The molecule has 1 aromatic rings. The molecule has 0 bridgehead atoms. The van der Waals surface area contributed by atoms with Crippen molar-refractivity contribution < 1.29 is 33.2 Å². The SMILES string of the molecule is O=C(OC[C@H]1O[C@H]2OC3(CCCCC3)O[C@@H]2[C@@H]2OC3(CCCCC3)O[C@@H]21)c1ccccc1. The van der Waals surface area contributed by atoms with Gasteiger partial charge in [-0.15, -0.1) is 0 Å². The second kappa shape index (κ2) is 8.37. The Morgan fingerprint density at radius 3 is 2.06 bits per heavy atom. The first-order valence-electron chi connectivity index (χ1n) is 12.2. The minimum absolute atomic E-state index is 0.0912. The van der Waals surface area contributed by atoms with Gasteiger partial charge >= 0.3 is 5.97 Å². The van der Waals surface area contributed by atoms with Crippen LogP contribution in [-0.2, 0) is 28.4 Å². The van der Waals surface area contributed by atoms with E-state index in [4.69, 9.17) is 28.4 Å². The van der Waals surface area contributed by atoms with Crippen molar-refractivity contribution in [2.45, 2.75) is 106 Å². The van der Waals surface area contributed by atoms with Gasteiger partial charge in [-0.2, -0.15) is 0 Å². The van der Waals surface area contributed by atoms with Crippen LogP contribution in [0, 0.1) is 0 Å². The predicted molar refractivity (Wildman–Crippen MR) is 113 cm³/mol. The molecule has 5 atom stereocenters. The van der Waals surface area contributed by atoms with E-state index in [9.17, 15) is 4.79 Å². The van der Waals surface area contributed by atoms with Crippen LogP contribution in [0.2, 0.25) is 0 Å². The lowest BCUT2D eigenvalue weighted by Gasteiger charge is -2.36. The van der Waals surface area contributed by atoms with Crippen LogP contribution < -0.4 is 0 Å². The van der Waals surface area contributed by atoms with Crippen LogP contribution >= 0.6 is 0 Å². The van der Waals surface area contributed by atoms with E-state index in [0.29, 0.717) is 5.56 Å². The van der Waals surface area contributed by atoms with E-state index < -0.39 is 24.0 Å². The maximum atomic E-state index is 12.5. The Labute approximate surface area is 188 Å². The summed E-state index contributed by atoms with van der Waals surface area (Å²) in [5.41, 5.74) is 0.520. The molecule has 174 valence electrons. The molecule has 0 aromatic heterocycles.